The minimum atomic E-state index is -1.60. The number of esters is 3. The van der Waals surface area contributed by atoms with Crippen molar-refractivity contribution in [3.05, 3.63) is 22.8 Å². The molecule has 2 aliphatic rings. The van der Waals surface area contributed by atoms with E-state index in [1.807, 2.05) is 0 Å². The van der Waals surface area contributed by atoms with Crippen LogP contribution >= 0.6 is 0 Å². The van der Waals surface area contributed by atoms with Crippen molar-refractivity contribution in [2.45, 2.75) is 66.5 Å². The number of carbonyl (C=O) groups is 4. The highest BCUT2D eigenvalue weighted by molar-refractivity contribution is 5.92. The maximum atomic E-state index is 12.5. The first-order valence-corrected chi connectivity index (χ1v) is 9.58. The molecule has 0 aromatic rings. The molecule has 1 aliphatic carbocycles. The van der Waals surface area contributed by atoms with E-state index < -0.39 is 53.7 Å². The second kappa shape index (κ2) is 8.49. The molecule has 1 N–H and O–H groups in total. The predicted molar refractivity (Wildman–Crippen MR) is 101 cm³/mol. The molecule has 5 unspecified atom stereocenters. The second-order valence-corrected chi connectivity index (χ2v) is 8.04. The average molecular weight is 408 g/mol. The molecule has 0 aromatic heterocycles. The molecule has 2 rings (SSSR count). The summed E-state index contributed by atoms with van der Waals surface area (Å²) in [6.07, 6.45) is -0.710. The fourth-order valence-corrected chi connectivity index (χ4v) is 3.89. The highest BCUT2D eigenvalue weighted by Gasteiger charge is 2.54. The molecule has 0 fully saturated rings. The number of hydrogen-bond acceptors (Lipinski definition) is 8. The van der Waals surface area contributed by atoms with Crippen molar-refractivity contribution in [2.24, 2.45) is 17.3 Å². The van der Waals surface area contributed by atoms with Gasteiger partial charge in [-0.2, -0.15) is 0 Å². The number of aliphatic hydroxyl groups is 1. The van der Waals surface area contributed by atoms with Crippen LogP contribution < -0.4 is 0 Å². The quantitative estimate of drug-likeness (QED) is 0.402. The predicted octanol–water partition coefficient (Wildman–Crippen LogP) is 1.85. The van der Waals surface area contributed by atoms with E-state index in [9.17, 15) is 24.3 Å². The Morgan fingerprint density at radius 3 is 2.45 bits per heavy atom. The molecule has 160 valence electrons. The average Bonchev–Trinajstić information content (AvgIpc) is 2.88. The van der Waals surface area contributed by atoms with Crippen molar-refractivity contribution in [2.75, 3.05) is 0 Å². The van der Waals surface area contributed by atoms with Gasteiger partial charge in [-0.05, 0) is 12.5 Å². The molecule has 5 atom stereocenters. The standard InChI is InChI=1S/C21H28O8/c1-10(2)18(24)28-17(16-11(3)19(25)29-20(16)26)21(6)12(4)15(27-13(5)23)8-7-14(21)9-22/h7,9-10,12,15,17,20,26H,8H2,1-6H3. The van der Waals surface area contributed by atoms with Gasteiger partial charge in [-0.15, -0.1) is 0 Å². The Balaban J connectivity index is 2.65. The van der Waals surface area contributed by atoms with E-state index in [4.69, 9.17) is 14.2 Å². The molecule has 0 bridgehead atoms. The first kappa shape index (κ1) is 22.8. The van der Waals surface area contributed by atoms with Crippen LogP contribution in [0.1, 0.15) is 48.0 Å². The summed E-state index contributed by atoms with van der Waals surface area (Å²) in [5.41, 5.74) is -0.625. The fourth-order valence-electron chi connectivity index (χ4n) is 3.89. The number of aliphatic hydroxyl groups excluding tert-OH is 1. The Labute approximate surface area is 169 Å². The third-order valence-corrected chi connectivity index (χ3v) is 5.90. The Kier molecular flexibility index (Phi) is 6.67. The maximum absolute atomic E-state index is 12.5. The van der Waals surface area contributed by atoms with Crippen molar-refractivity contribution >= 4 is 24.2 Å². The molecule has 0 radical (unpaired) electrons. The van der Waals surface area contributed by atoms with Gasteiger partial charge < -0.3 is 19.3 Å². The molecule has 0 amide bonds. The highest BCUT2D eigenvalue weighted by Crippen LogP contribution is 2.50. The third kappa shape index (κ3) is 4.12. The van der Waals surface area contributed by atoms with E-state index in [2.05, 4.69) is 0 Å². The van der Waals surface area contributed by atoms with E-state index in [1.54, 1.807) is 33.8 Å². The van der Waals surface area contributed by atoms with Crippen LogP contribution in [0, 0.1) is 17.3 Å². The Morgan fingerprint density at radius 2 is 2.00 bits per heavy atom. The van der Waals surface area contributed by atoms with Crippen molar-refractivity contribution in [1.82, 2.24) is 0 Å². The van der Waals surface area contributed by atoms with Gasteiger partial charge in [-0.3, -0.25) is 14.4 Å². The molecule has 29 heavy (non-hydrogen) atoms. The maximum Gasteiger partial charge on any atom is 0.336 e. The van der Waals surface area contributed by atoms with Crippen molar-refractivity contribution in [3.63, 3.8) is 0 Å². The van der Waals surface area contributed by atoms with Gasteiger partial charge >= 0.3 is 17.9 Å². The zero-order valence-electron chi connectivity index (χ0n) is 17.6. The monoisotopic (exact) mass is 408 g/mol. The lowest BCUT2D eigenvalue weighted by atomic mass is 9.61. The van der Waals surface area contributed by atoms with E-state index in [0.29, 0.717) is 18.3 Å². The van der Waals surface area contributed by atoms with Gasteiger partial charge in [0.25, 0.3) is 0 Å². The first-order valence-electron chi connectivity index (χ1n) is 9.58. The zero-order chi connectivity index (χ0) is 22.1. The van der Waals surface area contributed by atoms with Crippen LogP contribution in [-0.2, 0) is 33.4 Å². The number of rotatable bonds is 6. The van der Waals surface area contributed by atoms with E-state index in [-0.39, 0.29) is 11.1 Å². The van der Waals surface area contributed by atoms with E-state index in [1.165, 1.54) is 13.8 Å². The Hall–Kier alpha value is -2.48. The Bertz CT molecular complexity index is 778. The third-order valence-electron chi connectivity index (χ3n) is 5.90. The van der Waals surface area contributed by atoms with Crippen LogP contribution in [0.15, 0.2) is 22.8 Å². The largest absolute Gasteiger partial charge is 0.462 e. The number of cyclic esters (lactones) is 1. The van der Waals surface area contributed by atoms with Gasteiger partial charge in [0.05, 0.1) is 5.92 Å². The molecule has 0 saturated heterocycles. The molecule has 0 aromatic carbocycles. The molecule has 1 aliphatic heterocycles. The van der Waals surface area contributed by atoms with Crippen LogP contribution in [0.25, 0.3) is 0 Å². The zero-order valence-corrected chi connectivity index (χ0v) is 17.6. The summed E-state index contributed by atoms with van der Waals surface area (Å²) in [5, 5.41) is 10.4. The van der Waals surface area contributed by atoms with E-state index in [0.717, 1.165) is 0 Å². The minimum absolute atomic E-state index is 0.0922. The summed E-state index contributed by atoms with van der Waals surface area (Å²) in [7, 11) is 0. The smallest absolute Gasteiger partial charge is 0.336 e. The van der Waals surface area contributed by atoms with Crippen LogP contribution in [0.5, 0.6) is 0 Å². The van der Waals surface area contributed by atoms with Crippen LogP contribution in [0.3, 0.4) is 0 Å². The van der Waals surface area contributed by atoms with Gasteiger partial charge in [-0.1, -0.05) is 33.8 Å². The number of carbonyl (C=O) groups excluding carboxylic acids is 4. The minimum Gasteiger partial charge on any atom is -0.462 e. The topological polar surface area (TPSA) is 116 Å². The van der Waals surface area contributed by atoms with Crippen LogP contribution in [0.4, 0.5) is 0 Å². The molecular formula is C21H28O8. The van der Waals surface area contributed by atoms with Gasteiger partial charge in [0.1, 0.15) is 18.5 Å². The summed E-state index contributed by atoms with van der Waals surface area (Å²) in [4.78, 5) is 48.0. The van der Waals surface area contributed by atoms with Crippen molar-refractivity contribution in [1.29, 1.82) is 0 Å². The van der Waals surface area contributed by atoms with Crippen LogP contribution in [0.2, 0.25) is 0 Å². The summed E-state index contributed by atoms with van der Waals surface area (Å²) in [5.74, 6) is -2.71. The molecule has 0 saturated carbocycles. The fraction of sp³-hybridized carbons (Fsp3) is 0.619. The molecule has 8 heteroatoms. The number of aldehydes is 1. The highest BCUT2D eigenvalue weighted by atomic mass is 16.6. The van der Waals surface area contributed by atoms with Crippen LogP contribution in [-0.4, -0.2) is 47.8 Å². The summed E-state index contributed by atoms with van der Waals surface area (Å²) in [6, 6.07) is 0. The molecule has 0 spiro atoms. The number of ether oxygens (including phenoxy) is 3. The lowest BCUT2D eigenvalue weighted by Crippen LogP contribution is -2.52. The van der Waals surface area contributed by atoms with Gasteiger partial charge in [0.15, 0.2) is 0 Å². The lowest BCUT2D eigenvalue weighted by Gasteiger charge is -2.47. The first-order chi connectivity index (χ1) is 13.4. The van der Waals surface area contributed by atoms with Gasteiger partial charge in [0, 0.05) is 35.8 Å². The summed E-state index contributed by atoms with van der Waals surface area (Å²) < 4.78 is 16.1. The molecule has 8 nitrogen and oxygen atoms in total. The number of hydrogen-bond donors (Lipinski definition) is 1. The second-order valence-electron chi connectivity index (χ2n) is 8.04. The van der Waals surface area contributed by atoms with Gasteiger partial charge in [-0.25, -0.2) is 4.79 Å². The normalized spacial score (nSPS) is 30.6. The summed E-state index contributed by atoms with van der Waals surface area (Å²) >= 11 is 0. The SMILES string of the molecule is CC(=O)OC1CC=C(C=O)C(C)(C(OC(=O)C(C)C)C2=C(C)C(=O)OC2O)C1C. The molecular weight excluding hydrogens is 380 g/mol. The summed E-state index contributed by atoms with van der Waals surface area (Å²) in [6.45, 7) is 9.53. The Morgan fingerprint density at radius 1 is 1.38 bits per heavy atom. The van der Waals surface area contributed by atoms with Crippen molar-refractivity contribution < 1.29 is 38.5 Å². The van der Waals surface area contributed by atoms with E-state index >= 15 is 0 Å². The van der Waals surface area contributed by atoms with Crippen molar-refractivity contribution in [3.8, 4) is 0 Å². The van der Waals surface area contributed by atoms with Gasteiger partial charge in [0.2, 0.25) is 6.29 Å². The lowest BCUT2D eigenvalue weighted by molar-refractivity contribution is -0.169. The molecule has 1 heterocycles.